The smallest absolute Gasteiger partial charge is 0.321 e. The van der Waals surface area contributed by atoms with E-state index in [1.807, 2.05) is 0 Å². The normalized spacial score (nSPS) is 9.64. The number of aliphatic hydroxyl groups is 1. The van der Waals surface area contributed by atoms with Gasteiger partial charge in [0, 0.05) is 19.8 Å². The molecular formula is C10H14N2O2. The molecule has 0 radical (unpaired) electrons. The van der Waals surface area contributed by atoms with Crippen LogP contribution in [-0.4, -0.2) is 30.1 Å². The van der Waals surface area contributed by atoms with Gasteiger partial charge in [-0.05, 0) is 17.7 Å². The Hall–Kier alpha value is -1.55. The second kappa shape index (κ2) is 4.62. The number of benzene rings is 1. The monoisotopic (exact) mass is 194 g/mol. The van der Waals surface area contributed by atoms with Crippen LogP contribution in [0.3, 0.4) is 0 Å². The maximum atomic E-state index is 11.2. The molecule has 0 aliphatic rings. The molecule has 1 aromatic carbocycles. The topological polar surface area (TPSA) is 52.6 Å². The van der Waals surface area contributed by atoms with Gasteiger partial charge in [-0.3, -0.25) is 0 Å². The highest BCUT2D eigenvalue weighted by Crippen LogP contribution is 2.09. The number of nitrogens with zero attached hydrogens (tertiary/aromatic N) is 1. The van der Waals surface area contributed by atoms with E-state index < -0.39 is 0 Å². The second-order valence-electron chi connectivity index (χ2n) is 3.18. The van der Waals surface area contributed by atoms with Gasteiger partial charge >= 0.3 is 6.03 Å². The molecule has 0 saturated carbocycles. The summed E-state index contributed by atoms with van der Waals surface area (Å²) >= 11 is 0. The Kier molecular flexibility index (Phi) is 3.48. The van der Waals surface area contributed by atoms with Crippen molar-refractivity contribution in [1.82, 2.24) is 4.90 Å². The minimum atomic E-state index is -0.165. The van der Waals surface area contributed by atoms with E-state index in [4.69, 9.17) is 5.11 Å². The molecular weight excluding hydrogens is 180 g/mol. The lowest BCUT2D eigenvalue weighted by Gasteiger charge is -2.11. The van der Waals surface area contributed by atoms with Crippen molar-refractivity contribution in [3.8, 4) is 0 Å². The van der Waals surface area contributed by atoms with Crippen molar-refractivity contribution in [2.24, 2.45) is 0 Å². The first-order valence-electron chi connectivity index (χ1n) is 4.31. The molecule has 4 heteroatoms. The fourth-order valence-corrected chi connectivity index (χ4v) is 0.929. The summed E-state index contributed by atoms with van der Waals surface area (Å²) in [5.74, 6) is 0. The van der Waals surface area contributed by atoms with Gasteiger partial charge in [-0.15, -0.1) is 0 Å². The predicted octanol–water partition coefficient (Wildman–Crippen LogP) is 1.27. The number of urea groups is 1. The molecule has 0 spiro atoms. The highest BCUT2D eigenvalue weighted by atomic mass is 16.3. The van der Waals surface area contributed by atoms with Crippen LogP contribution in [0.15, 0.2) is 24.3 Å². The molecule has 0 heterocycles. The van der Waals surface area contributed by atoms with E-state index in [1.54, 1.807) is 38.4 Å². The van der Waals surface area contributed by atoms with Crippen LogP contribution >= 0.6 is 0 Å². The lowest BCUT2D eigenvalue weighted by Crippen LogP contribution is -2.27. The van der Waals surface area contributed by atoms with Gasteiger partial charge in [0.15, 0.2) is 0 Å². The molecule has 2 amide bonds. The highest BCUT2D eigenvalue weighted by Gasteiger charge is 2.02. The minimum absolute atomic E-state index is 0.0158. The largest absolute Gasteiger partial charge is 0.392 e. The molecule has 0 aliphatic carbocycles. The third kappa shape index (κ3) is 2.74. The van der Waals surface area contributed by atoms with E-state index in [1.165, 1.54) is 4.90 Å². The zero-order chi connectivity index (χ0) is 10.6. The summed E-state index contributed by atoms with van der Waals surface area (Å²) in [6, 6.07) is 6.89. The second-order valence-corrected chi connectivity index (χ2v) is 3.18. The first-order valence-corrected chi connectivity index (χ1v) is 4.31. The summed E-state index contributed by atoms with van der Waals surface area (Å²) in [5, 5.41) is 11.5. The predicted molar refractivity (Wildman–Crippen MR) is 55.1 cm³/mol. The van der Waals surface area contributed by atoms with Crippen molar-refractivity contribution >= 4 is 11.7 Å². The Bertz CT molecular complexity index is 306. The van der Waals surface area contributed by atoms with Crippen LogP contribution in [0.4, 0.5) is 10.5 Å². The van der Waals surface area contributed by atoms with Gasteiger partial charge < -0.3 is 15.3 Å². The summed E-state index contributed by atoms with van der Waals surface area (Å²) in [5.41, 5.74) is 1.55. The van der Waals surface area contributed by atoms with E-state index in [-0.39, 0.29) is 12.6 Å². The van der Waals surface area contributed by atoms with Gasteiger partial charge in [-0.1, -0.05) is 12.1 Å². The molecule has 0 saturated heterocycles. The fourth-order valence-electron chi connectivity index (χ4n) is 0.929. The maximum Gasteiger partial charge on any atom is 0.321 e. The summed E-state index contributed by atoms with van der Waals surface area (Å²) in [6.07, 6.45) is 0. The number of rotatable bonds is 2. The molecule has 0 aromatic heterocycles. The van der Waals surface area contributed by atoms with Crippen LogP contribution in [0.1, 0.15) is 5.56 Å². The van der Waals surface area contributed by atoms with Crippen LogP contribution in [0.2, 0.25) is 0 Å². The average molecular weight is 194 g/mol. The molecule has 1 rings (SSSR count). The summed E-state index contributed by atoms with van der Waals surface area (Å²) < 4.78 is 0. The zero-order valence-corrected chi connectivity index (χ0v) is 8.32. The number of carbonyl (C=O) groups is 1. The number of aliphatic hydroxyl groups excluding tert-OH is 1. The van der Waals surface area contributed by atoms with Gasteiger partial charge in [-0.25, -0.2) is 4.79 Å². The van der Waals surface area contributed by atoms with E-state index in [9.17, 15) is 4.79 Å². The number of hydrogen-bond donors (Lipinski definition) is 2. The molecule has 0 atom stereocenters. The van der Waals surface area contributed by atoms with Crippen molar-refractivity contribution in [3.63, 3.8) is 0 Å². The minimum Gasteiger partial charge on any atom is -0.392 e. The molecule has 0 aliphatic heterocycles. The van der Waals surface area contributed by atoms with Crippen molar-refractivity contribution in [2.75, 3.05) is 19.4 Å². The molecule has 0 unspecified atom stereocenters. The molecule has 2 N–H and O–H groups in total. The Balaban J connectivity index is 2.64. The van der Waals surface area contributed by atoms with Crippen molar-refractivity contribution in [1.29, 1.82) is 0 Å². The Morgan fingerprint density at radius 3 is 2.36 bits per heavy atom. The van der Waals surface area contributed by atoms with Crippen LogP contribution in [-0.2, 0) is 6.61 Å². The number of nitrogens with one attached hydrogen (secondary N) is 1. The molecule has 14 heavy (non-hydrogen) atoms. The number of anilines is 1. The zero-order valence-electron chi connectivity index (χ0n) is 8.32. The Labute approximate surface area is 83.2 Å². The first kappa shape index (κ1) is 10.5. The van der Waals surface area contributed by atoms with Crippen molar-refractivity contribution in [3.05, 3.63) is 29.8 Å². The highest BCUT2D eigenvalue weighted by molar-refractivity contribution is 5.88. The van der Waals surface area contributed by atoms with Crippen LogP contribution in [0.25, 0.3) is 0 Å². The lowest BCUT2D eigenvalue weighted by atomic mass is 10.2. The van der Waals surface area contributed by atoms with Gasteiger partial charge in [0.05, 0.1) is 6.61 Å². The average Bonchev–Trinajstić information content (AvgIpc) is 2.19. The quantitative estimate of drug-likeness (QED) is 0.745. The van der Waals surface area contributed by atoms with Crippen LogP contribution < -0.4 is 5.32 Å². The van der Waals surface area contributed by atoms with Crippen molar-refractivity contribution < 1.29 is 9.90 Å². The lowest BCUT2D eigenvalue weighted by molar-refractivity contribution is 0.230. The third-order valence-electron chi connectivity index (χ3n) is 1.79. The van der Waals surface area contributed by atoms with E-state index in [2.05, 4.69) is 5.32 Å². The molecule has 1 aromatic rings. The number of hydrogen-bond acceptors (Lipinski definition) is 2. The van der Waals surface area contributed by atoms with Gasteiger partial charge in [0.2, 0.25) is 0 Å². The number of amides is 2. The van der Waals surface area contributed by atoms with E-state index in [0.717, 1.165) is 11.3 Å². The van der Waals surface area contributed by atoms with E-state index >= 15 is 0 Å². The molecule has 76 valence electrons. The first-order chi connectivity index (χ1) is 6.63. The summed E-state index contributed by atoms with van der Waals surface area (Å²) in [6.45, 7) is 0.0158. The Morgan fingerprint density at radius 2 is 1.93 bits per heavy atom. The molecule has 0 bridgehead atoms. The van der Waals surface area contributed by atoms with Crippen LogP contribution in [0, 0.1) is 0 Å². The summed E-state index contributed by atoms with van der Waals surface area (Å²) in [7, 11) is 3.36. The summed E-state index contributed by atoms with van der Waals surface area (Å²) in [4.78, 5) is 12.7. The number of carbonyl (C=O) groups excluding carboxylic acids is 1. The van der Waals surface area contributed by atoms with Crippen LogP contribution in [0.5, 0.6) is 0 Å². The van der Waals surface area contributed by atoms with Gasteiger partial charge in [-0.2, -0.15) is 0 Å². The van der Waals surface area contributed by atoms with Gasteiger partial charge in [0.25, 0.3) is 0 Å². The third-order valence-corrected chi connectivity index (χ3v) is 1.79. The maximum absolute atomic E-state index is 11.2. The molecule has 4 nitrogen and oxygen atoms in total. The SMILES string of the molecule is CN(C)C(=O)Nc1ccc(CO)cc1. The van der Waals surface area contributed by atoms with Gasteiger partial charge in [0.1, 0.15) is 0 Å². The standard InChI is InChI=1S/C10H14N2O2/c1-12(2)10(14)11-9-5-3-8(7-13)4-6-9/h3-6,13H,7H2,1-2H3,(H,11,14). The van der Waals surface area contributed by atoms with Crippen molar-refractivity contribution in [2.45, 2.75) is 6.61 Å². The van der Waals surface area contributed by atoms with E-state index in [0.29, 0.717) is 0 Å². The Morgan fingerprint density at radius 1 is 1.36 bits per heavy atom. The fraction of sp³-hybridized carbons (Fsp3) is 0.300. The molecule has 0 fully saturated rings.